The van der Waals surface area contributed by atoms with Crippen LogP contribution >= 0.6 is 0 Å². The van der Waals surface area contributed by atoms with Gasteiger partial charge in [-0.1, -0.05) is 24.6 Å². The Kier molecular flexibility index (Phi) is 6.88. The highest BCUT2D eigenvalue weighted by molar-refractivity contribution is 5.95. The standard InChI is InChI=1S/C16H25N3O2/c1-5-10-17-13(3)16(21)19(4)11-15(20)18-14-8-6-12(2)7-9-14/h6-9,13,17H,5,10-11H2,1-4H3,(H,18,20). The van der Waals surface area contributed by atoms with Crippen LogP contribution in [-0.2, 0) is 9.59 Å². The van der Waals surface area contributed by atoms with Crippen LogP contribution in [0, 0.1) is 6.92 Å². The van der Waals surface area contributed by atoms with E-state index < -0.39 is 0 Å². The highest BCUT2D eigenvalue weighted by atomic mass is 16.2. The Labute approximate surface area is 126 Å². The number of likely N-dealkylation sites (N-methyl/N-ethyl adjacent to an activating group) is 1. The minimum atomic E-state index is -0.276. The minimum Gasteiger partial charge on any atom is -0.335 e. The summed E-state index contributed by atoms with van der Waals surface area (Å²) in [4.78, 5) is 25.4. The summed E-state index contributed by atoms with van der Waals surface area (Å²) in [5.41, 5.74) is 1.87. The second-order valence-corrected chi connectivity index (χ2v) is 5.28. The van der Waals surface area contributed by atoms with Crippen molar-refractivity contribution < 1.29 is 9.59 Å². The number of carbonyl (C=O) groups excluding carboxylic acids is 2. The smallest absolute Gasteiger partial charge is 0.243 e. The third kappa shape index (κ3) is 5.95. The number of carbonyl (C=O) groups is 2. The molecule has 1 rings (SSSR count). The summed E-state index contributed by atoms with van der Waals surface area (Å²) in [5, 5.41) is 5.90. The fourth-order valence-corrected chi connectivity index (χ4v) is 1.91. The topological polar surface area (TPSA) is 61.4 Å². The predicted molar refractivity (Wildman–Crippen MR) is 85.2 cm³/mol. The maximum absolute atomic E-state index is 12.1. The normalized spacial score (nSPS) is 11.8. The molecule has 1 aromatic carbocycles. The lowest BCUT2D eigenvalue weighted by molar-refractivity contribution is -0.134. The summed E-state index contributed by atoms with van der Waals surface area (Å²) in [6.07, 6.45) is 0.968. The van der Waals surface area contributed by atoms with Gasteiger partial charge in [-0.15, -0.1) is 0 Å². The van der Waals surface area contributed by atoms with Crippen molar-refractivity contribution in [3.8, 4) is 0 Å². The second-order valence-electron chi connectivity index (χ2n) is 5.28. The molecule has 2 amide bonds. The van der Waals surface area contributed by atoms with E-state index in [-0.39, 0.29) is 24.4 Å². The summed E-state index contributed by atoms with van der Waals surface area (Å²) in [5.74, 6) is -0.278. The number of hydrogen-bond acceptors (Lipinski definition) is 3. The van der Waals surface area contributed by atoms with E-state index in [9.17, 15) is 9.59 Å². The number of nitrogens with zero attached hydrogens (tertiary/aromatic N) is 1. The molecular formula is C16H25N3O2. The van der Waals surface area contributed by atoms with E-state index >= 15 is 0 Å². The summed E-state index contributed by atoms with van der Waals surface area (Å²) in [6.45, 7) is 6.68. The molecule has 1 atom stereocenters. The Balaban J connectivity index is 2.46. The summed E-state index contributed by atoms with van der Waals surface area (Å²) < 4.78 is 0. The van der Waals surface area contributed by atoms with Gasteiger partial charge in [0.25, 0.3) is 0 Å². The molecule has 0 radical (unpaired) electrons. The number of benzene rings is 1. The molecule has 0 aliphatic rings. The zero-order chi connectivity index (χ0) is 15.8. The van der Waals surface area contributed by atoms with E-state index in [4.69, 9.17) is 0 Å². The molecule has 116 valence electrons. The Hall–Kier alpha value is -1.88. The molecule has 1 aromatic rings. The molecule has 0 saturated heterocycles. The van der Waals surface area contributed by atoms with Crippen LogP contribution in [0.3, 0.4) is 0 Å². The Bertz CT molecular complexity index is 471. The predicted octanol–water partition coefficient (Wildman–Crippen LogP) is 1.78. The number of amides is 2. The van der Waals surface area contributed by atoms with Crippen LogP contribution in [0.25, 0.3) is 0 Å². The fraction of sp³-hybridized carbons (Fsp3) is 0.500. The van der Waals surface area contributed by atoms with Gasteiger partial charge in [0.2, 0.25) is 11.8 Å². The monoisotopic (exact) mass is 291 g/mol. The molecule has 0 saturated carbocycles. The van der Waals surface area contributed by atoms with E-state index in [1.165, 1.54) is 4.90 Å². The maximum atomic E-state index is 12.1. The molecule has 0 aliphatic heterocycles. The molecule has 21 heavy (non-hydrogen) atoms. The lowest BCUT2D eigenvalue weighted by Crippen LogP contribution is -2.45. The van der Waals surface area contributed by atoms with Crippen molar-refractivity contribution in [3.63, 3.8) is 0 Å². The second kappa shape index (κ2) is 8.42. The molecule has 5 heteroatoms. The number of rotatable bonds is 7. The van der Waals surface area contributed by atoms with Crippen molar-refractivity contribution in [3.05, 3.63) is 29.8 Å². The SMILES string of the molecule is CCCNC(C)C(=O)N(C)CC(=O)Nc1ccc(C)cc1. The first-order chi connectivity index (χ1) is 9.93. The van der Waals surface area contributed by atoms with E-state index in [1.54, 1.807) is 7.05 Å². The van der Waals surface area contributed by atoms with Crippen molar-refractivity contribution in [1.82, 2.24) is 10.2 Å². The molecule has 5 nitrogen and oxygen atoms in total. The zero-order valence-corrected chi connectivity index (χ0v) is 13.3. The Morgan fingerprint density at radius 1 is 1.24 bits per heavy atom. The summed E-state index contributed by atoms with van der Waals surface area (Å²) >= 11 is 0. The number of aryl methyl sites for hydroxylation is 1. The first-order valence-corrected chi connectivity index (χ1v) is 7.29. The molecule has 0 spiro atoms. The van der Waals surface area contributed by atoms with Crippen molar-refractivity contribution in [2.45, 2.75) is 33.2 Å². The number of nitrogens with one attached hydrogen (secondary N) is 2. The van der Waals surface area contributed by atoms with Gasteiger partial charge in [0, 0.05) is 12.7 Å². The van der Waals surface area contributed by atoms with E-state index in [2.05, 4.69) is 10.6 Å². The van der Waals surface area contributed by atoms with Crippen molar-refractivity contribution in [2.75, 3.05) is 25.5 Å². The van der Waals surface area contributed by atoms with Gasteiger partial charge in [-0.3, -0.25) is 9.59 Å². The largest absolute Gasteiger partial charge is 0.335 e. The number of hydrogen-bond donors (Lipinski definition) is 2. The van der Waals surface area contributed by atoms with Gasteiger partial charge in [-0.25, -0.2) is 0 Å². The highest BCUT2D eigenvalue weighted by Crippen LogP contribution is 2.08. The minimum absolute atomic E-state index is 0.0465. The maximum Gasteiger partial charge on any atom is 0.243 e. The quantitative estimate of drug-likeness (QED) is 0.805. The van der Waals surface area contributed by atoms with Gasteiger partial charge < -0.3 is 15.5 Å². The first-order valence-electron chi connectivity index (χ1n) is 7.29. The molecule has 2 N–H and O–H groups in total. The van der Waals surface area contributed by atoms with Crippen LogP contribution in [0.15, 0.2) is 24.3 Å². The van der Waals surface area contributed by atoms with E-state index in [0.717, 1.165) is 24.2 Å². The van der Waals surface area contributed by atoms with E-state index in [0.29, 0.717) is 0 Å². The average molecular weight is 291 g/mol. The molecule has 0 aliphatic carbocycles. The Morgan fingerprint density at radius 2 is 1.86 bits per heavy atom. The van der Waals surface area contributed by atoms with Crippen LogP contribution in [-0.4, -0.2) is 42.9 Å². The summed E-state index contributed by atoms with van der Waals surface area (Å²) in [7, 11) is 1.64. The lowest BCUT2D eigenvalue weighted by Gasteiger charge is -2.21. The summed E-state index contributed by atoms with van der Waals surface area (Å²) in [6, 6.07) is 7.28. The Morgan fingerprint density at radius 3 is 2.43 bits per heavy atom. The first kappa shape index (κ1) is 17.2. The van der Waals surface area contributed by atoms with Gasteiger partial charge in [0.1, 0.15) is 0 Å². The van der Waals surface area contributed by atoms with Crippen LogP contribution in [0.5, 0.6) is 0 Å². The zero-order valence-electron chi connectivity index (χ0n) is 13.3. The molecule has 1 unspecified atom stereocenters. The molecule has 0 heterocycles. The van der Waals surface area contributed by atoms with Crippen LogP contribution in [0.4, 0.5) is 5.69 Å². The van der Waals surface area contributed by atoms with Crippen LogP contribution < -0.4 is 10.6 Å². The van der Waals surface area contributed by atoms with Gasteiger partial charge in [-0.2, -0.15) is 0 Å². The highest BCUT2D eigenvalue weighted by Gasteiger charge is 2.18. The van der Waals surface area contributed by atoms with Crippen molar-refractivity contribution in [1.29, 1.82) is 0 Å². The van der Waals surface area contributed by atoms with Gasteiger partial charge in [0.05, 0.1) is 12.6 Å². The number of anilines is 1. The third-order valence-corrected chi connectivity index (χ3v) is 3.16. The lowest BCUT2D eigenvalue weighted by atomic mass is 10.2. The molecule has 0 aromatic heterocycles. The van der Waals surface area contributed by atoms with Crippen LogP contribution in [0.2, 0.25) is 0 Å². The van der Waals surface area contributed by atoms with Gasteiger partial charge >= 0.3 is 0 Å². The van der Waals surface area contributed by atoms with Crippen molar-refractivity contribution in [2.24, 2.45) is 0 Å². The molecule has 0 fully saturated rings. The van der Waals surface area contributed by atoms with Crippen molar-refractivity contribution >= 4 is 17.5 Å². The third-order valence-electron chi connectivity index (χ3n) is 3.16. The van der Waals surface area contributed by atoms with Gasteiger partial charge in [-0.05, 0) is 38.9 Å². The fourth-order valence-electron chi connectivity index (χ4n) is 1.91. The molecular weight excluding hydrogens is 266 g/mol. The van der Waals surface area contributed by atoms with E-state index in [1.807, 2.05) is 45.0 Å². The van der Waals surface area contributed by atoms with Gasteiger partial charge in [0.15, 0.2) is 0 Å². The average Bonchev–Trinajstić information content (AvgIpc) is 2.46. The molecule has 0 bridgehead atoms. The van der Waals surface area contributed by atoms with Crippen LogP contribution in [0.1, 0.15) is 25.8 Å².